The van der Waals surface area contributed by atoms with Gasteiger partial charge >= 0.3 is 5.97 Å². The Balaban J connectivity index is 2.32. The number of aliphatic hydroxyl groups is 1. The van der Waals surface area contributed by atoms with Crippen molar-refractivity contribution in [2.24, 2.45) is 0 Å². The fraction of sp³-hybridized carbons (Fsp3) is 0.462. The van der Waals surface area contributed by atoms with Gasteiger partial charge in [-0.1, -0.05) is 0 Å². The van der Waals surface area contributed by atoms with Gasteiger partial charge in [-0.2, -0.15) is 0 Å². The smallest absolute Gasteiger partial charge is 0.338 e. The average molecular weight is 284 g/mol. The maximum absolute atomic E-state index is 13.8. The molecule has 0 aliphatic carbocycles. The first-order valence-electron chi connectivity index (χ1n) is 6.26. The van der Waals surface area contributed by atoms with E-state index in [4.69, 9.17) is 15.6 Å². The van der Waals surface area contributed by atoms with E-state index in [1.165, 1.54) is 0 Å². The fourth-order valence-electron chi connectivity index (χ4n) is 2.36. The van der Waals surface area contributed by atoms with Gasteiger partial charge in [0.1, 0.15) is 5.82 Å². The molecule has 7 heteroatoms. The molecule has 6 nitrogen and oxygen atoms in total. The van der Waals surface area contributed by atoms with Crippen molar-refractivity contribution in [2.75, 3.05) is 30.3 Å². The molecular weight excluding hydrogens is 267 g/mol. The minimum Gasteiger partial charge on any atom is -0.478 e. The van der Waals surface area contributed by atoms with E-state index >= 15 is 0 Å². The van der Waals surface area contributed by atoms with Crippen LogP contribution in [0.2, 0.25) is 0 Å². The molecule has 1 aliphatic heterocycles. The lowest BCUT2D eigenvalue weighted by Crippen LogP contribution is -2.48. The zero-order valence-corrected chi connectivity index (χ0v) is 11.0. The van der Waals surface area contributed by atoms with E-state index in [1.807, 2.05) is 6.92 Å². The lowest BCUT2D eigenvalue weighted by Gasteiger charge is -2.38. The van der Waals surface area contributed by atoms with E-state index in [0.717, 1.165) is 12.1 Å². The van der Waals surface area contributed by atoms with Crippen LogP contribution in [0.15, 0.2) is 12.1 Å². The molecule has 2 atom stereocenters. The van der Waals surface area contributed by atoms with Gasteiger partial charge in [0.15, 0.2) is 0 Å². The molecule has 1 saturated heterocycles. The highest BCUT2D eigenvalue weighted by molar-refractivity contribution is 5.91. The van der Waals surface area contributed by atoms with Crippen molar-refractivity contribution >= 4 is 17.3 Å². The van der Waals surface area contributed by atoms with Crippen LogP contribution in [0.5, 0.6) is 0 Å². The van der Waals surface area contributed by atoms with Gasteiger partial charge in [0, 0.05) is 19.2 Å². The molecule has 0 bridgehead atoms. The van der Waals surface area contributed by atoms with Crippen molar-refractivity contribution in [1.82, 2.24) is 0 Å². The summed E-state index contributed by atoms with van der Waals surface area (Å²) in [6.45, 7) is 2.56. The van der Waals surface area contributed by atoms with Crippen LogP contribution in [0.3, 0.4) is 0 Å². The molecule has 110 valence electrons. The monoisotopic (exact) mass is 284 g/mol. The second-order valence-electron chi connectivity index (χ2n) is 4.85. The predicted molar refractivity (Wildman–Crippen MR) is 71.4 cm³/mol. The SMILES string of the molecule is CC1CN(c2cc(F)c(C(=O)O)cc2N)CC(CO)O1. The number of rotatable bonds is 3. The number of nitrogen functional groups attached to an aromatic ring is 1. The Morgan fingerprint density at radius 2 is 2.25 bits per heavy atom. The number of halogens is 1. The third-order valence-corrected chi connectivity index (χ3v) is 3.22. The van der Waals surface area contributed by atoms with Gasteiger partial charge in [-0.25, -0.2) is 9.18 Å². The molecule has 0 aromatic heterocycles. The first-order chi connectivity index (χ1) is 9.42. The van der Waals surface area contributed by atoms with Crippen LogP contribution >= 0.6 is 0 Å². The molecule has 1 fully saturated rings. The Morgan fingerprint density at radius 3 is 2.85 bits per heavy atom. The van der Waals surface area contributed by atoms with E-state index in [-0.39, 0.29) is 24.5 Å². The highest BCUT2D eigenvalue weighted by Crippen LogP contribution is 2.29. The lowest BCUT2D eigenvalue weighted by atomic mass is 10.1. The third kappa shape index (κ3) is 2.83. The minimum absolute atomic E-state index is 0.137. The number of carbonyl (C=O) groups is 1. The van der Waals surface area contributed by atoms with Gasteiger partial charge in [-0.15, -0.1) is 0 Å². The molecule has 0 saturated carbocycles. The number of anilines is 2. The second kappa shape index (κ2) is 5.64. The van der Waals surface area contributed by atoms with Crippen LogP contribution in [0.25, 0.3) is 0 Å². The number of hydrogen-bond donors (Lipinski definition) is 3. The van der Waals surface area contributed by atoms with Crippen molar-refractivity contribution in [3.8, 4) is 0 Å². The van der Waals surface area contributed by atoms with E-state index in [0.29, 0.717) is 18.8 Å². The van der Waals surface area contributed by atoms with Crippen LogP contribution in [0, 0.1) is 5.82 Å². The Labute approximate surface area is 115 Å². The predicted octanol–water partition coefficient (Wildman–Crippen LogP) is 0.692. The Bertz CT molecular complexity index is 523. The Morgan fingerprint density at radius 1 is 1.55 bits per heavy atom. The number of aliphatic hydroxyl groups excluding tert-OH is 1. The summed E-state index contributed by atoms with van der Waals surface area (Å²) >= 11 is 0. The zero-order chi connectivity index (χ0) is 14.9. The summed E-state index contributed by atoms with van der Waals surface area (Å²) < 4.78 is 19.3. The average Bonchev–Trinajstić information content (AvgIpc) is 2.39. The van der Waals surface area contributed by atoms with E-state index in [2.05, 4.69) is 0 Å². The molecule has 2 unspecified atom stereocenters. The number of morpholine rings is 1. The molecule has 1 aromatic rings. The Hall–Kier alpha value is -1.86. The highest BCUT2D eigenvalue weighted by Gasteiger charge is 2.27. The summed E-state index contributed by atoms with van der Waals surface area (Å²) in [6, 6.07) is 2.23. The molecular formula is C13H17FN2O4. The number of hydrogen-bond acceptors (Lipinski definition) is 5. The van der Waals surface area contributed by atoms with Crippen molar-refractivity contribution < 1.29 is 24.1 Å². The molecule has 4 N–H and O–H groups in total. The van der Waals surface area contributed by atoms with Crippen molar-refractivity contribution in [3.05, 3.63) is 23.5 Å². The number of nitrogens with two attached hydrogens (primary N) is 1. The van der Waals surface area contributed by atoms with Crippen molar-refractivity contribution in [2.45, 2.75) is 19.1 Å². The fourth-order valence-corrected chi connectivity index (χ4v) is 2.36. The van der Waals surface area contributed by atoms with Gasteiger partial charge in [-0.3, -0.25) is 0 Å². The number of nitrogens with zero attached hydrogens (tertiary/aromatic N) is 1. The molecule has 1 aliphatic rings. The summed E-state index contributed by atoms with van der Waals surface area (Å²) in [7, 11) is 0. The van der Waals surface area contributed by atoms with Gasteiger partial charge in [-0.05, 0) is 13.0 Å². The summed E-state index contributed by atoms with van der Waals surface area (Å²) in [4.78, 5) is 12.6. The van der Waals surface area contributed by atoms with Crippen LogP contribution in [-0.2, 0) is 4.74 Å². The quantitative estimate of drug-likeness (QED) is 0.707. The van der Waals surface area contributed by atoms with Gasteiger partial charge in [0.25, 0.3) is 0 Å². The maximum atomic E-state index is 13.8. The van der Waals surface area contributed by atoms with E-state index in [9.17, 15) is 14.3 Å². The van der Waals surface area contributed by atoms with Crippen LogP contribution < -0.4 is 10.6 Å². The lowest BCUT2D eigenvalue weighted by molar-refractivity contribution is -0.0420. The number of aromatic carboxylic acids is 1. The Kier molecular flexibility index (Phi) is 4.10. The molecule has 0 radical (unpaired) electrons. The first-order valence-corrected chi connectivity index (χ1v) is 6.26. The largest absolute Gasteiger partial charge is 0.478 e. The van der Waals surface area contributed by atoms with Crippen molar-refractivity contribution in [1.29, 1.82) is 0 Å². The van der Waals surface area contributed by atoms with Gasteiger partial charge in [0.2, 0.25) is 0 Å². The topological polar surface area (TPSA) is 96.0 Å². The zero-order valence-electron chi connectivity index (χ0n) is 11.0. The summed E-state index contributed by atoms with van der Waals surface area (Å²) in [5, 5.41) is 18.0. The highest BCUT2D eigenvalue weighted by atomic mass is 19.1. The standard InChI is InChI=1S/C13H17FN2O4/c1-7-4-16(5-8(6-17)20-7)12-3-10(14)9(13(18)19)2-11(12)15/h2-3,7-8,17H,4-6,15H2,1H3,(H,18,19). The van der Waals surface area contributed by atoms with Crippen LogP contribution in [0.4, 0.5) is 15.8 Å². The summed E-state index contributed by atoms with van der Waals surface area (Å²) in [6.07, 6.45) is -0.511. The molecule has 20 heavy (non-hydrogen) atoms. The molecule has 2 rings (SSSR count). The molecule has 0 spiro atoms. The maximum Gasteiger partial charge on any atom is 0.338 e. The summed E-state index contributed by atoms with van der Waals surface area (Å²) in [5.41, 5.74) is 5.97. The molecule has 1 aromatic carbocycles. The van der Waals surface area contributed by atoms with Gasteiger partial charge in [0.05, 0.1) is 35.8 Å². The van der Waals surface area contributed by atoms with Crippen molar-refractivity contribution in [3.63, 3.8) is 0 Å². The summed E-state index contributed by atoms with van der Waals surface area (Å²) in [5.74, 6) is -2.19. The number of carboxylic acids is 1. The number of carboxylic acid groups (broad SMARTS) is 1. The van der Waals surface area contributed by atoms with Gasteiger partial charge < -0.3 is 25.6 Å². The minimum atomic E-state index is -1.36. The second-order valence-corrected chi connectivity index (χ2v) is 4.85. The van der Waals surface area contributed by atoms with E-state index in [1.54, 1.807) is 4.90 Å². The third-order valence-electron chi connectivity index (χ3n) is 3.22. The van der Waals surface area contributed by atoms with Crippen LogP contribution in [0.1, 0.15) is 17.3 Å². The number of benzene rings is 1. The molecule has 1 heterocycles. The van der Waals surface area contributed by atoms with Crippen LogP contribution in [-0.4, -0.2) is 48.1 Å². The normalized spacial score (nSPS) is 22.9. The first kappa shape index (κ1) is 14.5. The molecule has 0 amide bonds. The number of ether oxygens (including phenoxy) is 1. The van der Waals surface area contributed by atoms with E-state index < -0.39 is 17.3 Å².